The molecule has 0 aliphatic carbocycles. The van der Waals surface area contributed by atoms with E-state index in [1.165, 1.54) is 5.56 Å². The van der Waals surface area contributed by atoms with Gasteiger partial charge in [0.15, 0.2) is 0 Å². The van der Waals surface area contributed by atoms with Crippen LogP contribution in [0.3, 0.4) is 0 Å². The van der Waals surface area contributed by atoms with E-state index in [2.05, 4.69) is 40.6 Å². The van der Waals surface area contributed by atoms with Gasteiger partial charge in [0.2, 0.25) is 0 Å². The van der Waals surface area contributed by atoms with Gasteiger partial charge in [-0.15, -0.1) is 0 Å². The maximum Gasteiger partial charge on any atom is 0.308 e. The van der Waals surface area contributed by atoms with Crippen molar-refractivity contribution in [1.29, 1.82) is 0 Å². The van der Waals surface area contributed by atoms with Crippen LogP contribution in [0.5, 0.6) is 0 Å². The molecule has 0 saturated heterocycles. The maximum absolute atomic E-state index is 11.6. The number of aromatic nitrogens is 1. The first kappa shape index (κ1) is 15.7. The fourth-order valence-electron chi connectivity index (χ4n) is 2.55. The highest BCUT2D eigenvalue weighted by Gasteiger charge is 2.26. The van der Waals surface area contributed by atoms with Crippen molar-refractivity contribution in [1.82, 2.24) is 4.98 Å². The lowest BCUT2D eigenvalue weighted by Crippen LogP contribution is -1.91. The molecule has 0 saturated carbocycles. The number of halogens is 1. The van der Waals surface area contributed by atoms with Crippen LogP contribution in [0.4, 0.5) is 5.69 Å². The van der Waals surface area contributed by atoms with E-state index in [9.17, 15) is 10.1 Å². The van der Waals surface area contributed by atoms with Crippen LogP contribution in [0.1, 0.15) is 11.1 Å². The third-order valence-corrected chi connectivity index (χ3v) is 5.01. The fourth-order valence-corrected chi connectivity index (χ4v) is 3.46. The van der Waals surface area contributed by atoms with E-state index in [1.54, 1.807) is 0 Å². The molecular weight excluding hydrogens is 403 g/mol. The SMILES string of the molecule is Cc1ccc(-c2[nH]c(-c3ccccc3)c([N+](=O)[O-])c2I)cc1C. The van der Waals surface area contributed by atoms with Crippen molar-refractivity contribution in [2.75, 3.05) is 0 Å². The molecule has 3 aromatic rings. The van der Waals surface area contributed by atoms with Crippen LogP contribution < -0.4 is 0 Å². The zero-order chi connectivity index (χ0) is 16.6. The Morgan fingerprint density at radius 3 is 2.26 bits per heavy atom. The Morgan fingerprint density at radius 1 is 0.957 bits per heavy atom. The number of aryl methyl sites for hydroxylation is 2. The van der Waals surface area contributed by atoms with Crippen LogP contribution >= 0.6 is 22.6 Å². The maximum atomic E-state index is 11.6. The van der Waals surface area contributed by atoms with E-state index in [4.69, 9.17) is 0 Å². The molecule has 0 amide bonds. The minimum absolute atomic E-state index is 0.130. The summed E-state index contributed by atoms with van der Waals surface area (Å²) in [5, 5.41) is 11.6. The lowest BCUT2D eigenvalue weighted by Gasteiger charge is -2.04. The van der Waals surface area contributed by atoms with Crippen molar-refractivity contribution in [3.05, 3.63) is 73.3 Å². The van der Waals surface area contributed by atoms with Crippen molar-refractivity contribution in [3.8, 4) is 22.5 Å². The summed E-state index contributed by atoms with van der Waals surface area (Å²) in [7, 11) is 0. The molecule has 0 atom stereocenters. The highest BCUT2D eigenvalue weighted by atomic mass is 127. The lowest BCUT2D eigenvalue weighted by atomic mass is 10.0. The van der Waals surface area contributed by atoms with Gasteiger partial charge in [0, 0.05) is 5.56 Å². The summed E-state index contributed by atoms with van der Waals surface area (Å²) in [6.45, 7) is 4.10. The molecule has 0 aliphatic heterocycles. The van der Waals surface area contributed by atoms with E-state index in [0.29, 0.717) is 9.26 Å². The number of hydrogen-bond donors (Lipinski definition) is 1. The molecule has 1 N–H and O–H groups in total. The first-order valence-corrected chi connectivity index (χ1v) is 8.26. The van der Waals surface area contributed by atoms with Crippen LogP contribution in [0.25, 0.3) is 22.5 Å². The summed E-state index contributed by atoms with van der Waals surface area (Å²) < 4.78 is 0.634. The molecule has 0 spiro atoms. The minimum Gasteiger partial charge on any atom is -0.348 e. The summed E-state index contributed by atoms with van der Waals surface area (Å²) in [5.41, 5.74) is 5.61. The van der Waals surface area contributed by atoms with Crippen LogP contribution in [0.2, 0.25) is 0 Å². The number of nitro groups is 1. The van der Waals surface area contributed by atoms with Gasteiger partial charge in [0.05, 0.1) is 10.6 Å². The van der Waals surface area contributed by atoms with E-state index in [1.807, 2.05) is 49.4 Å². The predicted molar refractivity (Wildman–Crippen MR) is 101 cm³/mol. The van der Waals surface area contributed by atoms with Gasteiger partial charge >= 0.3 is 5.69 Å². The van der Waals surface area contributed by atoms with Gasteiger partial charge in [-0.1, -0.05) is 42.5 Å². The summed E-state index contributed by atoms with van der Waals surface area (Å²) in [6.07, 6.45) is 0. The Kier molecular flexibility index (Phi) is 4.21. The standard InChI is InChI=1S/C18H15IN2O2/c1-11-8-9-14(10-12(11)2)16-15(19)18(21(22)23)17(20-16)13-6-4-3-5-7-13/h3-10,20H,1-2H3. The summed E-state index contributed by atoms with van der Waals surface area (Å²) in [5.74, 6) is 0. The molecule has 23 heavy (non-hydrogen) atoms. The first-order valence-electron chi connectivity index (χ1n) is 7.18. The molecule has 0 radical (unpaired) electrons. The molecule has 3 rings (SSSR count). The fraction of sp³-hybridized carbons (Fsp3) is 0.111. The zero-order valence-corrected chi connectivity index (χ0v) is 14.9. The smallest absolute Gasteiger partial charge is 0.308 e. The van der Waals surface area contributed by atoms with Gasteiger partial charge in [-0.25, -0.2) is 0 Å². The number of aromatic amines is 1. The monoisotopic (exact) mass is 418 g/mol. The molecule has 4 nitrogen and oxygen atoms in total. The lowest BCUT2D eigenvalue weighted by molar-refractivity contribution is -0.384. The van der Waals surface area contributed by atoms with Crippen molar-refractivity contribution < 1.29 is 4.92 Å². The van der Waals surface area contributed by atoms with Crippen molar-refractivity contribution in [2.45, 2.75) is 13.8 Å². The van der Waals surface area contributed by atoms with Gasteiger partial charge < -0.3 is 4.98 Å². The van der Waals surface area contributed by atoms with Gasteiger partial charge in [-0.3, -0.25) is 10.1 Å². The highest BCUT2D eigenvalue weighted by Crippen LogP contribution is 2.40. The van der Waals surface area contributed by atoms with E-state index >= 15 is 0 Å². The van der Waals surface area contributed by atoms with Crippen molar-refractivity contribution >= 4 is 28.3 Å². The minimum atomic E-state index is -0.314. The summed E-state index contributed by atoms with van der Waals surface area (Å²) in [4.78, 5) is 14.5. The van der Waals surface area contributed by atoms with E-state index in [0.717, 1.165) is 22.4 Å². The third kappa shape index (κ3) is 2.88. The Hall–Kier alpha value is -2.15. The van der Waals surface area contributed by atoms with Gasteiger partial charge in [0.25, 0.3) is 0 Å². The van der Waals surface area contributed by atoms with E-state index < -0.39 is 0 Å². The highest BCUT2D eigenvalue weighted by molar-refractivity contribution is 14.1. The summed E-state index contributed by atoms with van der Waals surface area (Å²) >= 11 is 2.05. The molecule has 0 bridgehead atoms. The van der Waals surface area contributed by atoms with Crippen LogP contribution in [-0.2, 0) is 0 Å². The Morgan fingerprint density at radius 2 is 1.65 bits per heavy atom. The van der Waals surface area contributed by atoms with Gasteiger partial charge in [0.1, 0.15) is 9.26 Å². The average Bonchev–Trinajstić information content (AvgIpc) is 2.88. The van der Waals surface area contributed by atoms with Crippen LogP contribution in [0.15, 0.2) is 48.5 Å². The molecule has 5 heteroatoms. The van der Waals surface area contributed by atoms with Crippen LogP contribution in [0, 0.1) is 27.5 Å². The number of hydrogen-bond acceptors (Lipinski definition) is 2. The molecule has 0 aliphatic rings. The predicted octanol–water partition coefficient (Wildman–Crippen LogP) is 5.48. The number of nitrogens with zero attached hydrogens (tertiary/aromatic N) is 1. The second-order valence-electron chi connectivity index (χ2n) is 5.46. The summed E-state index contributed by atoms with van der Waals surface area (Å²) in [6, 6.07) is 15.5. The Labute approximate surface area is 147 Å². The second-order valence-corrected chi connectivity index (χ2v) is 6.54. The van der Waals surface area contributed by atoms with Crippen LogP contribution in [-0.4, -0.2) is 9.91 Å². The first-order chi connectivity index (χ1) is 11.0. The van der Waals surface area contributed by atoms with E-state index in [-0.39, 0.29) is 10.6 Å². The van der Waals surface area contributed by atoms with Crippen molar-refractivity contribution in [2.24, 2.45) is 0 Å². The van der Waals surface area contributed by atoms with Gasteiger partial charge in [-0.2, -0.15) is 0 Å². The molecule has 0 unspecified atom stereocenters. The van der Waals surface area contributed by atoms with Crippen molar-refractivity contribution in [3.63, 3.8) is 0 Å². The second kappa shape index (κ2) is 6.16. The number of rotatable bonds is 3. The molecule has 116 valence electrons. The van der Waals surface area contributed by atoms with Gasteiger partial charge in [-0.05, 0) is 59.2 Å². The normalized spacial score (nSPS) is 10.7. The topological polar surface area (TPSA) is 58.9 Å². The molecule has 1 aromatic heterocycles. The average molecular weight is 418 g/mol. The molecule has 2 aromatic carbocycles. The molecule has 1 heterocycles. The quantitative estimate of drug-likeness (QED) is 0.348. The number of benzene rings is 2. The number of nitrogens with one attached hydrogen (secondary N) is 1. The third-order valence-electron chi connectivity index (χ3n) is 3.95. The Bertz CT molecular complexity index is 886. The number of H-pyrrole nitrogens is 1. The molecular formula is C18H15IN2O2. The zero-order valence-electron chi connectivity index (χ0n) is 12.8. The largest absolute Gasteiger partial charge is 0.348 e. The molecule has 0 fully saturated rings. The Balaban J connectivity index is 2.23.